The lowest BCUT2D eigenvalue weighted by atomic mass is 10.1. The quantitative estimate of drug-likeness (QED) is 0.361. The highest BCUT2D eigenvalue weighted by atomic mass is 79.9. The third kappa shape index (κ3) is 7.77. The Hall–Kier alpha value is -2.54. The van der Waals surface area contributed by atoms with Crippen LogP contribution >= 0.6 is 15.9 Å². The molecule has 7 nitrogen and oxygen atoms in total. The van der Waals surface area contributed by atoms with Crippen molar-refractivity contribution in [2.45, 2.75) is 25.7 Å². The summed E-state index contributed by atoms with van der Waals surface area (Å²) >= 11 is 3.34. The molecule has 33 heavy (non-hydrogen) atoms. The van der Waals surface area contributed by atoms with Gasteiger partial charge in [-0.1, -0.05) is 41.6 Å². The van der Waals surface area contributed by atoms with Crippen molar-refractivity contribution in [1.82, 2.24) is 4.90 Å². The van der Waals surface area contributed by atoms with Gasteiger partial charge in [0, 0.05) is 4.47 Å². The Kier molecular flexibility index (Phi) is 10.2. The van der Waals surface area contributed by atoms with Gasteiger partial charge in [0.2, 0.25) is 0 Å². The molecule has 2 rings (SSSR count). The van der Waals surface area contributed by atoms with Crippen LogP contribution in [0.3, 0.4) is 0 Å². The molecule has 0 aliphatic rings. The number of hydrogen-bond donors (Lipinski definition) is 1. The summed E-state index contributed by atoms with van der Waals surface area (Å²) in [5, 5.41) is 2.88. The lowest BCUT2D eigenvalue weighted by molar-refractivity contribution is 0.0601. The molecule has 1 N–H and O–H groups in total. The Bertz CT molecular complexity index is 1120. The smallest absolute Gasteiger partial charge is 0.340 e. The van der Waals surface area contributed by atoms with Crippen LogP contribution in [-0.4, -0.2) is 58.5 Å². The Balaban J connectivity index is 2.03. The number of carbonyl (C=O) groups is 1. The largest absolute Gasteiger partial charge is 0.481 e. The molecular weight excluding hydrogens is 508 g/mol. The van der Waals surface area contributed by atoms with Crippen molar-refractivity contribution in [3.63, 3.8) is 0 Å². The minimum absolute atomic E-state index is 0.143. The van der Waals surface area contributed by atoms with Gasteiger partial charge in [0.1, 0.15) is 18.2 Å². The van der Waals surface area contributed by atoms with Gasteiger partial charge < -0.3 is 14.8 Å². The van der Waals surface area contributed by atoms with E-state index in [1.165, 1.54) is 19.2 Å². The van der Waals surface area contributed by atoms with Crippen molar-refractivity contribution in [2.75, 3.05) is 44.5 Å². The molecule has 0 bridgehead atoms. The summed E-state index contributed by atoms with van der Waals surface area (Å²) in [6.45, 7) is 8.77. The average molecular weight is 537 g/mol. The summed E-state index contributed by atoms with van der Waals surface area (Å²) < 4.78 is 36.7. The van der Waals surface area contributed by atoms with Gasteiger partial charge in [-0.2, -0.15) is 0 Å². The van der Waals surface area contributed by atoms with Crippen LogP contribution in [0.4, 0.5) is 5.69 Å². The summed E-state index contributed by atoms with van der Waals surface area (Å²) in [7, 11) is -2.38. The van der Waals surface area contributed by atoms with Crippen LogP contribution < -0.4 is 10.1 Å². The maximum atomic E-state index is 12.8. The number of nitrogens with zero attached hydrogens (tertiary/aromatic N) is 1. The molecular formula is C24H29BrN2O5S. The molecule has 0 unspecified atom stereocenters. The molecule has 0 spiro atoms. The van der Waals surface area contributed by atoms with Crippen molar-refractivity contribution in [3.05, 3.63) is 52.0 Å². The molecule has 0 fully saturated rings. The Morgan fingerprint density at radius 1 is 1.12 bits per heavy atom. The number of anilines is 1. The third-order valence-electron chi connectivity index (χ3n) is 4.96. The third-order valence-corrected chi connectivity index (χ3v) is 6.93. The van der Waals surface area contributed by atoms with E-state index in [4.69, 9.17) is 9.47 Å². The first kappa shape index (κ1) is 26.7. The number of rotatable bonds is 10. The first-order valence-electron chi connectivity index (χ1n) is 10.5. The number of halogens is 1. The summed E-state index contributed by atoms with van der Waals surface area (Å²) in [6, 6.07) is 9.56. The molecule has 2 aromatic rings. The SMILES string of the molecule is CCN(CC)CC#CCOc1ccc(S(=O)(=O)CNc2c(C)cc(Br)cc2C(=O)OC)cc1. The van der Waals surface area contributed by atoms with Crippen molar-refractivity contribution in [2.24, 2.45) is 0 Å². The van der Waals surface area contributed by atoms with E-state index in [2.05, 4.69) is 51.8 Å². The van der Waals surface area contributed by atoms with E-state index in [9.17, 15) is 13.2 Å². The monoisotopic (exact) mass is 536 g/mol. The summed E-state index contributed by atoms with van der Waals surface area (Å²) in [5.74, 6) is 5.63. The Labute approximate surface area is 204 Å². The Morgan fingerprint density at radius 2 is 1.79 bits per heavy atom. The molecule has 0 saturated carbocycles. The molecule has 0 aromatic heterocycles. The number of aryl methyl sites for hydroxylation is 1. The zero-order chi connectivity index (χ0) is 24.4. The van der Waals surface area contributed by atoms with E-state index in [1.807, 2.05) is 0 Å². The van der Waals surface area contributed by atoms with Gasteiger partial charge in [-0.25, -0.2) is 13.2 Å². The highest BCUT2D eigenvalue weighted by molar-refractivity contribution is 9.10. The fourth-order valence-corrected chi connectivity index (χ4v) is 4.65. The van der Waals surface area contributed by atoms with Gasteiger partial charge in [-0.15, -0.1) is 0 Å². The summed E-state index contributed by atoms with van der Waals surface area (Å²) in [5.41, 5.74) is 1.38. The fourth-order valence-electron chi connectivity index (χ4n) is 3.03. The van der Waals surface area contributed by atoms with E-state index in [-0.39, 0.29) is 22.9 Å². The van der Waals surface area contributed by atoms with E-state index in [1.54, 1.807) is 31.2 Å². The molecule has 178 valence electrons. The Morgan fingerprint density at radius 3 is 2.39 bits per heavy atom. The minimum Gasteiger partial charge on any atom is -0.481 e. The molecule has 0 amide bonds. The molecule has 0 atom stereocenters. The number of methoxy groups -OCH3 is 1. The second-order valence-electron chi connectivity index (χ2n) is 7.15. The van der Waals surface area contributed by atoms with Crippen LogP contribution in [0, 0.1) is 18.8 Å². The normalized spacial score (nSPS) is 11.0. The van der Waals surface area contributed by atoms with Gasteiger partial charge in [0.15, 0.2) is 9.84 Å². The van der Waals surface area contributed by atoms with Crippen LogP contribution in [0.5, 0.6) is 5.75 Å². The number of ether oxygens (including phenoxy) is 2. The van der Waals surface area contributed by atoms with E-state index in [0.717, 1.165) is 13.1 Å². The van der Waals surface area contributed by atoms with Crippen molar-refractivity contribution < 1.29 is 22.7 Å². The standard InChI is InChI=1S/C24H29BrN2O5S/c1-5-27(6-2)13-7-8-14-32-20-9-11-21(12-10-20)33(29,30)17-26-23-18(3)15-19(25)16-22(23)24(28)31-4/h9-12,15-16,26H,5-6,13-14,17H2,1-4H3. The molecule has 0 heterocycles. The molecule has 0 aliphatic carbocycles. The molecule has 9 heteroatoms. The predicted octanol–water partition coefficient (Wildman–Crippen LogP) is 4.11. The highest BCUT2D eigenvalue weighted by Crippen LogP contribution is 2.27. The van der Waals surface area contributed by atoms with E-state index >= 15 is 0 Å². The molecule has 0 radical (unpaired) electrons. The molecule has 2 aromatic carbocycles. The van der Waals surface area contributed by atoms with E-state index in [0.29, 0.717) is 28.0 Å². The molecule has 0 aliphatic heterocycles. The predicted molar refractivity (Wildman–Crippen MR) is 133 cm³/mol. The second-order valence-corrected chi connectivity index (χ2v) is 10.1. The number of sulfone groups is 1. The number of esters is 1. The molecule has 0 saturated heterocycles. The lowest BCUT2D eigenvalue weighted by Crippen LogP contribution is -2.22. The first-order chi connectivity index (χ1) is 15.7. The van der Waals surface area contributed by atoms with Crippen LogP contribution in [0.1, 0.15) is 29.8 Å². The lowest BCUT2D eigenvalue weighted by Gasteiger charge is -2.15. The summed E-state index contributed by atoms with van der Waals surface area (Å²) in [6.07, 6.45) is 0. The maximum Gasteiger partial charge on any atom is 0.340 e. The average Bonchev–Trinajstić information content (AvgIpc) is 2.80. The fraction of sp³-hybridized carbons (Fsp3) is 0.375. The van der Waals surface area contributed by atoms with Gasteiger partial charge >= 0.3 is 5.97 Å². The van der Waals surface area contributed by atoms with Gasteiger partial charge in [0.05, 0.1) is 29.8 Å². The zero-order valence-corrected chi connectivity index (χ0v) is 21.7. The number of carbonyl (C=O) groups excluding carboxylic acids is 1. The highest BCUT2D eigenvalue weighted by Gasteiger charge is 2.19. The summed E-state index contributed by atoms with van der Waals surface area (Å²) in [4.78, 5) is 14.4. The van der Waals surface area contributed by atoms with Gasteiger partial charge in [-0.3, -0.25) is 4.90 Å². The first-order valence-corrected chi connectivity index (χ1v) is 12.9. The number of benzene rings is 2. The maximum absolute atomic E-state index is 12.8. The van der Waals surface area contributed by atoms with Crippen LogP contribution in [0.15, 0.2) is 45.8 Å². The van der Waals surface area contributed by atoms with Crippen molar-refractivity contribution >= 4 is 37.4 Å². The van der Waals surface area contributed by atoms with Crippen molar-refractivity contribution in [3.8, 4) is 17.6 Å². The van der Waals surface area contributed by atoms with Gasteiger partial charge in [0.25, 0.3) is 0 Å². The van der Waals surface area contributed by atoms with E-state index < -0.39 is 15.8 Å². The number of hydrogen-bond acceptors (Lipinski definition) is 7. The van der Waals surface area contributed by atoms with Crippen molar-refractivity contribution in [1.29, 1.82) is 0 Å². The topological polar surface area (TPSA) is 84.9 Å². The van der Waals surface area contributed by atoms with Crippen LogP contribution in [0.2, 0.25) is 0 Å². The minimum atomic E-state index is -3.66. The zero-order valence-electron chi connectivity index (χ0n) is 19.3. The van der Waals surface area contributed by atoms with Crippen LogP contribution in [-0.2, 0) is 14.6 Å². The number of nitrogens with one attached hydrogen (secondary N) is 1. The second kappa shape index (κ2) is 12.6. The van der Waals surface area contributed by atoms with Gasteiger partial charge in [-0.05, 0) is 62.0 Å². The van der Waals surface area contributed by atoms with Crippen LogP contribution in [0.25, 0.3) is 0 Å².